The molecule has 4 rings (SSSR count). The molecule has 0 N–H and O–H groups in total. The van der Waals surface area contributed by atoms with Crippen molar-refractivity contribution in [1.82, 2.24) is 19.2 Å². The van der Waals surface area contributed by atoms with Crippen molar-refractivity contribution in [3.05, 3.63) is 42.2 Å². The number of carbonyl (C=O) groups is 1. The third-order valence-electron chi connectivity index (χ3n) is 5.50. The molecule has 0 radical (unpaired) electrons. The van der Waals surface area contributed by atoms with Crippen LogP contribution in [-0.4, -0.2) is 79.9 Å². The van der Waals surface area contributed by atoms with Crippen LogP contribution in [0.1, 0.15) is 23.2 Å². The maximum absolute atomic E-state index is 12.7. The molecule has 2 aliphatic rings. The van der Waals surface area contributed by atoms with Gasteiger partial charge in [-0.15, -0.1) is 0 Å². The first-order valence-electron chi connectivity index (χ1n) is 10.00. The SMILES string of the molecule is COc1ccc2c(c1)C(=O)N(CCCCN1CCN(c3ncccn3)CC1)S2(=O)=O. The number of aromatic nitrogens is 2. The van der Waals surface area contributed by atoms with Crippen molar-refractivity contribution in [2.24, 2.45) is 0 Å². The fraction of sp³-hybridized carbons (Fsp3) is 0.450. The highest BCUT2D eigenvalue weighted by Gasteiger charge is 2.40. The number of methoxy groups -OCH3 is 1. The van der Waals surface area contributed by atoms with E-state index in [4.69, 9.17) is 4.74 Å². The minimum absolute atomic E-state index is 0.0625. The van der Waals surface area contributed by atoms with Gasteiger partial charge in [-0.2, -0.15) is 0 Å². The molecular formula is C20H25N5O4S. The molecule has 0 unspecified atom stereocenters. The Hall–Kier alpha value is -2.72. The maximum atomic E-state index is 12.7. The van der Waals surface area contributed by atoms with Gasteiger partial charge < -0.3 is 9.64 Å². The molecule has 1 aromatic carbocycles. The Labute approximate surface area is 176 Å². The molecule has 10 heteroatoms. The van der Waals surface area contributed by atoms with Gasteiger partial charge in [0.15, 0.2) is 0 Å². The van der Waals surface area contributed by atoms with Crippen molar-refractivity contribution in [2.75, 3.05) is 51.3 Å². The molecule has 1 fully saturated rings. The number of piperazine rings is 1. The quantitative estimate of drug-likeness (QED) is 0.604. The predicted molar refractivity (Wildman–Crippen MR) is 111 cm³/mol. The summed E-state index contributed by atoms with van der Waals surface area (Å²) in [7, 11) is -2.28. The van der Waals surface area contributed by atoms with Gasteiger partial charge in [0, 0.05) is 45.1 Å². The van der Waals surface area contributed by atoms with Crippen LogP contribution in [0.2, 0.25) is 0 Å². The predicted octanol–water partition coefficient (Wildman–Crippen LogP) is 1.23. The van der Waals surface area contributed by atoms with Gasteiger partial charge in [-0.3, -0.25) is 9.69 Å². The van der Waals surface area contributed by atoms with E-state index in [2.05, 4.69) is 19.8 Å². The zero-order valence-electron chi connectivity index (χ0n) is 16.9. The summed E-state index contributed by atoms with van der Waals surface area (Å²) >= 11 is 0. The van der Waals surface area contributed by atoms with Gasteiger partial charge in [-0.25, -0.2) is 22.7 Å². The average Bonchev–Trinajstić information content (AvgIpc) is 2.97. The van der Waals surface area contributed by atoms with Gasteiger partial charge in [-0.1, -0.05) is 0 Å². The van der Waals surface area contributed by atoms with Gasteiger partial charge in [0.05, 0.1) is 12.7 Å². The fourth-order valence-corrected chi connectivity index (χ4v) is 5.42. The van der Waals surface area contributed by atoms with E-state index in [0.717, 1.165) is 49.4 Å². The molecule has 2 aliphatic heterocycles. The second-order valence-corrected chi connectivity index (χ2v) is 9.16. The van der Waals surface area contributed by atoms with Crippen molar-refractivity contribution >= 4 is 21.9 Å². The summed E-state index contributed by atoms with van der Waals surface area (Å²) in [5.41, 5.74) is 0.189. The lowest BCUT2D eigenvalue weighted by Crippen LogP contribution is -2.47. The van der Waals surface area contributed by atoms with Crippen LogP contribution in [0, 0.1) is 0 Å². The number of unbranched alkanes of at least 4 members (excludes halogenated alkanes) is 1. The van der Waals surface area contributed by atoms with E-state index in [1.54, 1.807) is 24.5 Å². The van der Waals surface area contributed by atoms with Crippen molar-refractivity contribution in [1.29, 1.82) is 0 Å². The van der Waals surface area contributed by atoms with Gasteiger partial charge in [0.25, 0.3) is 15.9 Å². The van der Waals surface area contributed by atoms with Gasteiger partial charge in [0.2, 0.25) is 5.95 Å². The first-order valence-corrected chi connectivity index (χ1v) is 11.4. The summed E-state index contributed by atoms with van der Waals surface area (Å²) in [4.78, 5) is 25.8. The first kappa shape index (κ1) is 20.5. The van der Waals surface area contributed by atoms with Crippen molar-refractivity contribution in [2.45, 2.75) is 17.7 Å². The Kier molecular flexibility index (Phi) is 5.87. The Morgan fingerprint density at radius 3 is 2.43 bits per heavy atom. The van der Waals surface area contributed by atoms with Crippen LogP contribution in [-0.2, 0) is 10.0 Å². The molecule has 30 heavy (non-hydrogen) atoms. The van der Waals surface area contributed by atoms with Crippen molar-refractivity contribution in [3.63, 3.8) is 0 Å². The second-order valence-electron chi connectivity index (χ2n) is 7.33. The third kappa shape index (κ3) is 3.97. The second kappa shape index (κ2) is 8.57. The highest BCUT2D eigenvalue weighted by molar-refractivity contribution is 7.90. The van der Waals surface area contributed by atoms with E-state index < -0.39 is 15.9 Å². The number of anilines is 1. The monoisotopic (exact) mass is 431 g/mol. The number of rotatable bonds is 7. The number of benzene rings is 1. The number of nitrogens with zero attached hydrogens (tertiary/aromatic N) is 5. The van der Waals surface area contributed by atoms with Crippen LogP contribution in [0.15, 0.2) is 41.6 Å². The molecule has 160 valence electrons. The van der Waals surface area contributed by atoms with E-state index in [0.29, 0.717) is 12.2 Å². The number of sulfonamides is 1. The van der Waals surface area contributed by atoms with Crippen LogP contribution in [0.4, 0.5) is 5.95 Å². The van der Waals surface area contributed by atoms with Crippen molar-refractivity contribution < 1.29 is 17.9 Å². The van der Waals surface area contributed by atoms with E-state index in [1.807, 2.05) is 0 Å². The standard InChI is InChI=1S/C20H25N5O4S/c1-29-16-5-6-18-17(15-16)19(26)25(30(18,27)28)10-3-2-9-23-11-13-24(14-12-23)20-21-7-4-8-22-20/h4-8,15H,2-3,9-14H2,1H3. The van der Waals surface area contributed by atoms with E-state index in [-0.39, 0.29) is 17.0 Å². The zero-order valence-corrected chi connectivity index (χ0v) is 17.7. The summed E-state index contributed by atoms with van der Waals surface area (Å²) in [6.07, 6.45) is 4.94. The summed E-state index contributed by atoms with van der Waals surface area (Å²) in [5.74, 6) is 0.755. The normalized spacial score (nSPS) is 18.5. The molecule has 0 atom stereocenters. The van der Waals surface area contributed by atoms with Crippen molar-refractivity contribution in [3.8, 4) is 5.75 Å². The molecule has 0 saturated carbocycles. The number of ether oxygens (including phenoxy) is 1. The lowest BCUT2D eigenvalue weighted by atomic mass is 10.2. The molecule has 9 nitrogen and oxygen atoms in total. The highest BCUT2D eigenvalue weighted by Crippen LogP contribution is 2.32. The van der Waals surface area contributed by atoms with E-state index in [9.17, 15) is 13.2 Å². The van der Waals surface area contributed by atoms with Gasteiger partial charge in [0.1, 0.15) is 10.6 Å². The lowest BCUT2D eigenvalue weighted by Gasteiger charge is -2.34. The van der Waals surface area contributed by atoms with E-state index in [1.165, 1.54) is 19.2 Å². The maximum Gasteiger partial charge on any atom is 0.269 e. The number of hydrogen-bond donors (Lipinski definition) is 0. The van der Waals surface area contributed by atoms with Crippen LogP contribution < -0.4 is 9.64 Å². The Morgan fingerprint density at radius 1 is 1.03 bits per heavy atom. The summed E-state index contributed by atoms with van der Waals surface area (Å²) in [6, 6.07) is 6.30. The lowest BCUT2D eigenvalue weighted by molar-refractivity contribution is 0.0868. The molecule has 3 heterocycles. The average molecular weight is 432 g/mol. The summed E-state index contributed by atoms with van der Waals surface area (Å²) in [5, 5.41) is 0. The number of hydrogen-bond acceptors (Lipinski definition) is 8. The Balaban J connectivity index is 1.26. The van der Waals surface area contributed by atoms with Gasteiger partial charge >= 0.3 is 0 Å². The van der Waals surface area contributed by atoms with Crippen LogP contribution in [0.25, 0.3) is 0 Å². The molecule has 0 bridgehead atoms. The molecule has 0 spiro atoms. The minimum atomic E-state index is -3.77. The topological polar surface area (TPSA) is 95.9 Å². The molecule has 1 saturated heterocycles. The first-order chi connectivity index (χ1) is 14.5. The van der Waals surface area contributed by atoms with Crippen LogP contribution in [0.5, 0.6) is 5.75 Å². The third-order valence-corrected chi connectivity index (χ3v) is 7.35. The molecule has 1 aromatic heterocycles. The Morgan fingerprint density at radius 2 is 1.73 bits per heavy atom. The molecular weight excluding hydrogens is 406 g/mol. The fourth-order valence-electron chi connectivity index (χ4n) is 3.83. The summed E-state index contributed by atoms with van der Waals surface area (Å²) < 4.78 is 31.5. The highest BCUT2D eigenvalue weighted by atomic mass is 32.2. The van der Waals surface area contributed by atoms with Crippen LogP contribution >= 0.6 is 0 Å². The summed E-state index contributed by atoms with van der Waals surface area (Å²) in [6.45, 7) is 4.59. The largest absolute Gasteiger partial charge is 0.497 e. The molecule has 0 aliphatic carbocycles. The number of amides is 1. The number of carbonyl (C=O) groups excluding carboxylic acids is 1. The Bertz CT molecular complexity index is 1010. The molecule has 2 aromatic rings. The van der Waals surface area contributed by atoms with Crippen LogP contribution in [0.3, 0.4) is 0 Å². The van der Waals surface area contributed by atoms with Gasteiger partial charge in [-0.05, 0) is 43.7 Å². The molecule has 1 amide bonds. The smallest absolute Gasteiger partial charge is 0.269 e. The number of fused-ring (bicyclic) bond motifs is 1. The zero-order chi connectivity index (χ0) is 21.1. The van der Waals surface area contributed by atoms with E-state index >= 15 is 0 Å². The minimum Gasteiger partial charge on any atom is -0.497 e.